The van der Waals surface area contributed by atoms with Crippen LogP contribution >= 0.6 is 24.0 Å². The smallest absolute Gasteiger partial charge is 0.223 e. The van der Waals surface area contributed by atoms with E-state index in [0.29, 0.717) is 57.2 Å². The summed E-state index contributed by atoms with van der Waals surface area (Å²) in [7, 11) is 1.70. The summed E-state index contributed by atoms with van der Waals surface area (Å²) >= 11 is 0. The van der Waals surface area contributed by atoms with Crippen LogP contribution in [0.15, 0.2) is 47.5 Å². The third-order valence-corrected chi connectivity index (χ3v) is 6.06. The average Bonchev–Trinajstić information content (AvgIpc) is 3.42. The number of amides is 1. The first-order valence-electron chi connectivity index (χ1n) is 11.0. The van der Waals surface area contributed by atoms with E-state index in [1.165, 1.54) is 23.3 Å². The highest BCUT2D eigenvalue weighted by Crippen LogP contribution is 2.25. The number of benzene rings is 2. The van der Waals surface area contributed by atoms with E-state index in [1.807, 2.05) is 21.9 Å². The van der Waals surface area contributed by atoms with Gasteiger partial charge in [-0.05, 0) is 36.1 Å². The van der Waals surface area contributed by atoms with Crippen LogP contribution < -0.4 is 15.5 Å². The largest absolute Gasteiger partial charge is 0.367 e. The van der Waals surface area contributed by atoms with Gasteiger partial charge in [-0.15, -0.1) is 24.0 Å². The zero-order valence-electron chi connectivity index (χ0n) is 18.7. The fourth-order valence-corrected chi connectivity index (χ4v) is 4.34. The summed E-state index contributed by atoms with van der Waals surface area (Å²) in [5.41, 5.74) is 2.88. The summed E-state index contributed by atoms with van der Waals surface area (Å²) in [6, 6.07) is 12.0. The predicted octanol–water partition coefficient (Wildman–Crippen LogP) is 3.65. The van der Waals surface area contributed by atoms with Crippen molar-refractivity contribution >= 4 is 41.5 Å². The molecule has 0 spiro atoms. The first kappa shape index (κ1) is 25.2. The maximum atomic E-state index is 14.0. The van der Waals surface area contributed by atoms with Gasteiger partial charge in [-0.1, -0.05) is 24.3 Å². The van der Waals surface area contributed by atoms with Crippen LogP contribution in [-0.2, 0) is 17.9 Å². The van der Waals surface area contributed by atoms with Crippen LogP contribution in [-0.4, -0.2) is 49.5 Å². The van der Waals surface area contributed by atoms with Crippen LogP contribution in [0.2, 0.25) is 0 Å². The van der Waals surface area contributed by atoms with Gasteiger partial charge in [-0.3, -0.25) is 9.79 Å². The molecule has 1 atom stereocenters. The van der Waals surface area contributed by atoms with Gasteiger partial charge in [0.2, 0.25) is 5.91 Å². The molecular formula is C24H30F2IN5O. The van der Waals surface area contributed by atoms with Crippen LogP contribution in [0, 0.1) is 11.6 Å². The Bertz CT molecular complexity index is 978. The third-order valence-electron chi connectivity index (χ3n) is 6.06. The van der Waals surface area contributed by atoms with Crippen molar-refractivity contribution < 1.29 is 13.6 Å². The minimum Gasteiger partial charge on any atom is -0.367 e. The monoisotopic (exact) mass is 569 g/mol. The summed E-state index contributed by atoms with van der Waals surface area (Å²) in [6.07, 6.45) is 2.02. The second-order valence-corrected chi connectivity index (χ2v) is 8.29. The van der Waals surface area contributed by atoms with Crippen LogP contribution in [0.5, 0.6) is 0 Å². The van der Waals surface area contributed by atoms with Gasteiger partial charge in [-0.25, -0.2) is 8.78 Å². The normalized spacial score (nSPS) is 17.5. The molecule has 2 aromatic carbocycles. The Morgan fingerprint density at radius 2 is 1.88 bits per heavy atom. The van der Waals surface area contributed by atoms with Gasteiger partial charge in [0.15, 0.2) is 5.96 Å². The number of rotatable bonds is 6. The summed E-state index contributed by atoms with van der Waals surface area (Å²) in [5, 5.41) is 6.62. The molecule has 0 aromatic heterocycles. The topological polar surface area (TPSA) is 60.0 Å². The summed E-state index contributed by atoms with van der Waals surface area (Å²) in [6.45, 7) is 3.31. The van der Waals surface area contributed by atoms with Gasteiger partial charge in [0.05, 0.1) is 5.69 Å². The molecule has 0 bridgehead atoms. The molecule has 9 heteroatoms. The first-order valence-corrected chi connectivity index (χ1v) is 11.0. The molecule has 2 heterocycles. The number of hydrogen-bond donors (Lipinski definition) is 2. The number of hydrogen-bond acceptors (Lipinski definition) is 3. The van der Waals surface area contributed by atoms with Crippen molar-refractivity contribution in [2.75, 3.05) is 31.6 Å². The molecule has 2 aromatic rings. The van der Waals surface area contributed by atoms with E-state index in [9.17, 15) is 13.6 Å². The minimum absolute atomic E-state index is 0. The minimum atomic E-state index is -0.572. The molecular weight excluding hydrogens is 539 g/mol. The predicted molar refractivity (Wildman–Crippen MR) is 137 cm³/mol. The Kier molecular flexibility index (Phi) is 8.87. The Morgan fingerprint density at radius 3 is 2.55 bits per heavy atom. The highest BCUT2D eigenvalue weighted by atomic mass is 127. The fraction of sp³-hybridized carbons (Fsp3) is 0.417. The number of carbonyl (C=O) groups is 1. The van der Waals surface area contributed by atoms with Crippen molar-refractivity contribution in [3.8, 4) is 0 Å². The molecule has 0 saturated carbocycles. The van der Waals surface area contributed by atoms with E-state index < -0.39 is 11.6 Å². The van der Waals surface area contributed by atoms with Gasteiger partial charge >= 0.3 is 0 Å². The molecule has 1 unspecified atom stereocenters. The van der Waals surface area contributed by atoms with Crippen molar-refractivity contribution in [2.45, 2.75) is 38.4 Å². The Balaban J connectivity index is 0.00000306. The Hall–Kier alpha value is -2.43. The fourth-order valence-electron chi connectivity index (χ4n) is 4.34. The summed E-state index contributed by atoms with van der Waals surface area (Å²) < 4.78 is 27.2. The maximum absolute atomic E-state index is 14.0. The quantitative estimate of drug-likeness (QED) is 0.242. The lowest BCUT2D eigenvalue weighted by Crippen LogP contribution is -2.45. The van der Waals surface area contributed by atoms with Gasteiger partial charge in [0.25, 0.3) is 0 Å². The average molecular weight is 569 g/mol. The van der Waals surface area contributed by atoms with Crippen molar-refractivity contribution in [1.29, 1.82) is 0 Å². The summed E-state index contributed by atoms with van der Waals surface area (Å²) in [4.78, 5) is 20.6. The molecule has 2 aliphatic heterocycles. The molecule has 33 heavy (non-hydrogen) atoms. The van der Waals surface area contributed by atoms with E-state index in [0.717, 1.165) is 12.5 Å². The molecule has 2 N–H and O–H groups in total. The van der Waals surface area contributed by atoms with Crippen molar-refractivity contribution in [1.82, 2.24) is 15.5 Å². The lowest BCUT2D eigenvalue weighted by Gasteiger charge is -2.21. The molecule has 178 valence electrons. The van der Waals surface area contributed by atoms with E-state index in [4.69, 9.17) is 0 Å². The van der Waals surface area contributed by atoms with E-state index in [2.05, 4.69) is 27.8 Å². The number of anilines is 1. The first-order chi connectivity index (χ1) is 15.5. The number of fused-ring (bicyclic) bond motifs is 1. The molecule has 1 fully saturated rings. The molecule has 6 nitrogen and oxygen atoms in total. The zero-order valence-corrected chi connectivity index (χ0v) is 21.0. The van der Waals surface area contributed by atoms with E-state index >= 15 is 0 Å². The van der Waals surface area contributed by atoms with Gasteiger partial charge in [-0.2, -0.15) is 0 Å². The molecule has 4 rings (SSSR count). The zero-order chi connectivity index (χ0) is 22.5. The van der Waals surface area contributed by atoms with Crippen molar-refractivity contribution in [2.24, 2.45) is 4.99 Å². The number of nitrogens with one attached hydrogen (secondary N) is 2. The summed E-state index contributed by atoms with van der Waals surface area (Å²) in [5.74, 6) is -0.285. The Labute approximate surface area is 210 Å². The molecule has 0 aliphatic carbocycles. The number of carbonyl (C=O) groups excluding carboxylic acids is 1. The lowest BCUT2D eigenvalue weighted by atomic mass is 10.1. The number of halogens is 3. The van der Waals surface area contributed by atoms with Gasteiger partial charge < -0.3 is 20.4 Å². The lowest BCUT2D eigenvalue weighted by molar-refractivity contribution is -0.131. The second-order valence-electron chi connectivity index (χ2n) is 8.29. The van der Waals surface area contributed by atoms with Crippen LogP contribution in [0.25, 0.3) is 0 Å². The molecule has 2 aliphatic rings. The number of nitrogens with zero attached hydrogens (tertiary/aromatic N) is 3. The van der Waals surface area contributed by atoms with Gasteiger partial charge in [0, 0.05) is 58.3 Å². The highest BCUT2D eigenvalue weighted by molar-refractivity contribution is 14.0. The highest BCUT2D eigenvalue weighted by Gasteiger charge is 2.26. The molecule has 1 amide bonds. The SMILES string of the molecule is CN=C(NCCCC(=O)N1Cc2ccccc2C1)NC1CCN(c2ccc(F)cc2F)C1.I. The third kappa shape index (κ3) is 6.33. The standard InChI is InChI=1S/C24H29F2N5O.HI/c1-27-24(29-20-10-12-30(16-20)22-9-8-19(25)13-21(22)26)28-11-4-7-23(32)31-14-17-5-2-3-6-18(17)15-31;/h2-3,5-6,8-9,13,20H,4,7,10-12,14-16H2,1H3,(H2,27,28,29);1H. The number of guanidine groups is 1. The van der Waals surface area contributed by atoms with Crippen LogP contribution in [0.4, 0.5) is 14.5 Å². The van der Waals surface area contributed by atoms with Crippen LogP contribution in [0.1, 0.15) is 30.4 Å². The van der Waals surface area contributed by atoms with E-state index in [1.54, 1.807) is 7.05 Å². The molecule has 0 radical (unpaired) electrons. The van der Waals surface area contributed by atoms with Crippen LogP contribution in [0.3, 0.4) is 0 Å². The molecule has 1 saturated heterocycles. The Morgan fingerprint density at radius 1 is 1.15 bits per heavy atom. The number of aliphatic imine (C=N–C) groups is 1. The second kappa shape index (κ2) is 11.6. The van der Waals surface area contributed by atoms with E-state index in [-0.39, 0.29) is 35.9 Å². The van der Waals surface area contributed by atoms with Gasteiger partial charge in [0.1, 0.15) is 11.6 Å². The van der Waals surface area contributed by atoms with Crippen molar-refractivity contribution in [3.63, 3.8) is 0 Å². The maximum Gasteiger partial charge on any atom is 0.223 e. The van der Waals surface area contributed by atoms with Crippen molar-refractivity contribution in [3.05, 3.63) is 65.2 Å².